The largest absolute Gasteiger partial charge is 0.223 e. The lowest BCUT2D eigenvalue weighted by Gasteiger charge is -2.10. The monoisotopic (exact) mass is 378 g/mol. The van der Waals surface area contributed by atoms with E-state index in [2.05, 4.69) is 76.2 Å². The number of benzene rings is 2. The Morgan fingerprint density at radius 3 is 1.38 bits per heavy atom. The second kappa shape index (κ2) is 6.93. The minimum absolute atomic E-state index is 0.481. The molecule has 0 aliphatic carbocycles. The maximum atomic E-state index is 4.92. The lowest BCUT2D eigenvalue weighted by atomic mass is 9.98. The Balaban J connectivity index is 1.78. The Labute approximate surface area is 162 Å². The number of hydrogen-bond donors (Lipinski definition) is 0. The fourth-order valence-electron chi connectivity index (χ4n) is 3.26. The summed E-state index contributed by atoms with van der Waals surface area (Å²) in [6.07, 6.45) is 0. The Kier molecular flexibility index (Phi) is 4.63. The van der Waals surface area contributed by atoms with Crippen LogP contribution in [0.1, 0.15) is 50.7 Å². The highest BCUT2D eigenvalue weighted by Gasteiger charge is 2.17. The third kappa shape index (κ3) is 3.08. The van der Waals surface area contributed by atoms with Crippen molar-refractivity contribution in [2.45, 2.75) is 39.5 Å². The van der Waals surface area contributed by atoms with Crippen LogP contribution in [0.5, 0.6) is 0 Å². The minimum Gasteiger partial charge on any atom is -0.223 e. The highest BCUT2D eigenvalue weighted by atomic mass is 32.1. The van der Waals surface area contributed by atoms with Crippen LogP contribution in [0.3, 0.4) is 0 Å². The van der Waals surface area contributed by atoms with Crippen LogP contribution in [-0.4, -0.2) is 9.97 Å². The average Bonchev–Trinajstić information content (AvgIpc) is 3.20. The summed E-state index contributed by atoms with van der Waals surface area (Å²) in [4.78, 5) is 11.9. The van der Waals surface area contributed by atoms with E-state index in [-0.39, 0.29) is 0 Å². The normalized spacial score (nSPS) is 11.8. The molecule has 2 nitrogen and oxygen atoms in total. The second-order valence-corrected chi connectivity index (χ2v) is 9.09. The molecule has 4 heteroatoms. The first-order valence-electron chi connectivity index (χ1n) is 9.00. The zero-order valence-electron chi connectivity index (χ0n) is 15.5. The predicted octanol–water partition coefficient (Wildman–Crippen LogP) is 7.33. The SMILES string of the molecule is CC(C)c1ccccc1-c1nc2sc(-c3ccccc3C(C)C)nc2s1. The van der Waals surface area contributed by atoms with Crippen molar-refractivity contribution in [1.82, 2.24) is 9.97 Å². The van der Waals surface area contributed by atoms with E-state index in [1.165, 1.54) is 22.3 Å². The van der Waals surface area contributed by atoms with E-state index in [9.17, 15) is 0 Å². The van der Waals surface area contributed by atoms with E-state index >= 15 is 0 Å². The molecule has 0 amide bonds. The molecule has 0 aliphatic rings. The lowest BCUT2D eigenvalue weighted by molar-refractivity contribution is 0.869. The van der Waals surface area contributed by atoms with Crippen molar-refractivity contribution in [2.24, 2.45) is 0 Å². The van der Waals surface area contributed by atoms with Gasteiger partial charge in [0.15, 0.2) is 9.66 Å². The summed E-state index contributed by atoms with van der Waals surface area (Å²) < 4.78 is 0. The molecule has 4 rings (SSSR count). The molecule has 26 heavy (non-hydrogen) atoms. The van der Waals surface area contributed by atoms with Gasteiger partial charge in [-0.3, -0.25) is 0 Å². The van der Waals surface area contributed by atoms with Crippen molar-refractivity contribution in [3.8, 4) is 21.1 Å². The number of nitrogens with zero attached hydrogens (tertiary/aromatic N) is 2. The Morgan fingerprint density at radius 1 is 0.615 bits per heavy atom. The number of rotatable bonds is 4. The summed E-state index contributed by atoms with van der Waals surface area (Å²) in [7, 11) is 0. The summed E-state index contributed by atoms with van der Waals surface area (Å²) in [5.41, 5.74) is 5.17. The van der Waals surface area contributed by atoms with Crippen molar-refractivity contribution < 1.29 is 0 Å². The summed E-state index contributed by atoms with van der Waals surface area (Å²) in [6, 6.07) is 17.1. The van der Waals surface area contributed by atoms with Crippen LogP contribution in [0.15, 0.2) is 48.5 Å². The van der Waals surface area contributed by atoms with Crippen LogP contribution < -0.4 is 0 Å². The van der Waals surface area contributed by atoms with Crippen molar-refractivity contribution in [1.29, 1.82) is 0 Å². The van der Waals surface area contributed by atoms with Gasteiger partial charge in [0.05, 0.1) is 0 Å². The Hall–Kier alpha value is -2.04. The highest BCUT2D eigenvalue weighted by Crippen LogP contribution is 2.40. The molecule has 2 aromatic carbocycles. The molecule has 0 atom stereocenters. The van der Waals surface area contributed by atoms with Crippen molar-refractivity contribution >= 4 is 32.3 Å². The van der Waals surface area contributed by atoms with Crippen molar-refractivity contribution in [3.63, 3.8) is 0 Å². The summed E-state index contributed by atoms with van der Waals surface area (Å²) >= 11 is 3.40. The first-order chi connectivity index (χ1) is 12.5. The molecule has 4 aromatic rings. The standard InChI is InChI=1S/C22H22N2S2/c1-13(2)15-9-5-7-11-17(15)19-23-21-22(25-19)24-20(26-21)18-12-8-6-10-16(18)14(3)4/h5-14H,1-4H3. The highest BCUT2D eigenvalue weighted by molar-refractivity contribution is 7.29. The van der Waals surface area contributed by atoms with Gasteiger partial charge in [0, 0.05) is 11.1 Å². The van der Waals surface area contributed by atoms with Crippen molar-refractivity contribution in [3.05, 3.63) is 59.7 Å². The number of hydrogen-bond acceptors (Lipinski definition) is 4. The van der Waals surface area contributed by atoms with Crippen molar-refractivity contribution in [2.75, 3.05) is 0 Å². The van der Waals surface area contributed by atoms with Crippen LogP contribution in [-0.2, 0) is 0 Å². The quantitative estimate of drug-likeness (QED) is 0.371. The summed E-state index contributed by atoms with van der Waals surface area (Å²) in [6.45, 7) is 8.92. The molecule has 0 bridgehead atoms. The molecule has 0 saturated carbocycles. The number of thiazole rings is 2. The van der Waals surface area contributed by atoms with E-state index in [1.807, 2.05) is 0 Å². The van der Waals surface area contributed by atoms with Gasteiger partial charge >= 0.3 is 0 Å². The molecule has 0 unspecified atom stereocenters. The molecule has 0 spiro atoms. The van der Waals surface area contributed by atoms with Gasteiger partial charge in [-0.2, -0.15) is 0 Å². The van der Waals surface area contributed by atoms with E-state index in [4.69, 9.17) is 9.97 Å². The van der Waals surface area contributed by atoms with Gasteiger partial charge in [-0.05, 0) is 23.0 Å². The second-order valence-electron chi connectivity index (χ2n) is 7.13. The van der Waals surface area contributed by atoms with Gasteiger partial charge in [-0.15, -0.1) is 0 Å². The van der Waals surface area contributed by atoms with Gasteiger partial charge in [0.25, 0.3) is 0 Å². The molecule has 2 aromatic heterocycles. The van der Waals surface area contributed by atoms with Crippen LogP contribution >= 0.6 is 22.7 Å². The topological polar surface area (TPSA) is 25.8 Å². The van der Waals surface area contributed by atoms with Gasteiger partial charge in [0.2, 0.25) is 0 Å². The number of aromatic nitrogens is 2. The molecule has 132 valence electrons. The Bertz CT molecular complexity index is 944. The van der Waals surface area contributed by atoms with Gasteiger partial charge in [-0.25, -0.2) is 9.97 Å². The molecular weight excluding hydrogens is 356 g/mol. The molecule has 0 N–H and O–H groups in total. The van der Waals surface area contributed by atoms with E-state index < -0.39 is 0 Å². The third-order valence-electron chi connectivity index (χ3n) is 4.60. The summed E-state index contributed by atoms with van der Waals surface area (Å²) in [5.74, 6) is 0.962. The zero-order valence-corrected chi connectivity index (χ0v) is 17.1. The molecule has 0 fully saturated rings. The summed E-state index contributed by atoms with van der Waals surface area (Å²) in [5, 5.41) is 2.15. The van der Waals surface area contributed by atoms with E-state index in [1.54, 1.807) is 22.7 Å². The van der Waals surface area contributed by atoms with Crippen LogP contribution in [0.25, 0.3) is 30.8 Å². The van der Waals surface area contributed by atoms with Crippen LogP contribution in [0.4, 0.5) is 0 Å². The maximum absolute atomic E-state index is 4.92. The smallest absolute Gasteiger partial charge is 0.155 e. The van der Waals surface area contributed by atoms with Crippen LogP contribution in [0, 0.1) is 0 Å². The van der Waals surface area contributed by atoms with E-state index in [0.717, 1.165) is 19.7 Å². The fourth-order valence-corrected chi connectivity index (χ4v) is 5.40. The predicted molar refractivity (Wildman–Crippen MR) is 114 cm³/mol. The molecule has 0 saturated heterocycles. The minimum atomic E-state index is 0.481. The molecular formula is C22H22N2S2. The first-order valence-corrected chi connectivity index (χ1v) is 10.6. The average molecular weight is 379 g/mol. The van der Waals surface area contributed by atoms with Gasteiger partial charge < -0.3 is 0 Å². The van der Waals surface area contributed by atoms with Gasteiger partial charge in [-0.1, -0.05) is 98.9 Å². The molecule has 0 aliphatic heterocycles. The zero-order chi connectivity index (χ0) is 18.3. The van der Waals surface area contributed by atoms with E-state index in [0.29, 0.717) is 11.8 Å². The third-order valence-corrected chi connectivity index (χ3v) is 6.70. The fraction of sp³-hybridized carbons (Fsp3) is 0.273. The first kappa shape index (κ1) is 17.4. The molecule has 0 radical (unpaired) electrons. The van der Waals surface area contributed by atoms with Crippen LogP contribution in [0.2, 0.25) is 0 Å². The number of fused-ring (bicyclic) bond motifs is 1. The lowest BCUT2D eigenvalue weighted by Crippen LogP contribution is -1.91. The molecule has 2 heterocycles. The Morgan fingerprint density at radius 2 is 1.00 bits per heavy atom. The maximum Gasteiger partial charge on any atom is 0.155 e. The van der Waals surface area contributed by atoms with Gasteiger partial charge in [0.1, 0.15) is 10.0 Å².